The van der Waals surface area contributed by atoms with Crippen molar-refractivity contribution in [3.05, 3.63) is 83.6 Å². The maximum Gasteiger partial charge on any atom is 0.228 e. The molecule has 0 amide bonds. The van der Waals surface area contributed by atoms with Crippen molar-refractivity contribution in [2.45, 2.75) is 32.6 Å². The van der Waals surface area contributed by atoms with E-state index in [0.29, 0.717) is 34.1 Å². The van der Waals surface area contributed by atoms with Gasteiger partial charge in [-0.05, 0) is 67.3 Å². The van der Waals surface area contributed by atoms with Gasteiger partial charge in [0, 0.05) is 37.6 Å². The topological polar surface area (TPSA) is 66.2 Å². The number of hydrogen-bond donors (Lipinski definition) is 0. The van der Waals surface area contributed by atoms with Crippen LogP contribution in [-0.4, -0.2) is 33.5 Å². The van der Waals surface area contributed by atoms with Gasteiger partial charge in [-0.25, -0.2) is 14.4 Å². The van der Waals surface area contributed by atoms with Crippen LogP contribution in [0.3, 0.4) is 0 Å². The van der Waals surface area contributed by atoms with Crippen molar-refractivity contribution in [2.24, 2.45) is 7.05 Å². The van der Waals surface area contributed by atoms with E-state index in [9.17, 15) is 9.18 Å². The fourth-order valence-corrected chi connectivity index (χ4v) is 4.09. The molecule has 4 aromatic rings. The predicted octanol–water partition coefficient (Wildman–Crippen LogP) is 6.05. The Morgan fingerprint density at radius 3 is 2.56 bits per heavy atom. The number of nitrogens with zero attached hydrogens (tertiary/aromatic N) is 3. The van der Waals surface area contributed by atoms with Crippen LogP contribution in [0.15, 0.2) is 60.8 Å². The van der Waals surface area contributed by atoms with Crippen molar-refractivity contribution in [3.63, 3.8) is 0 Å². The Bertz CT molecular complexity index is 1280. The summed E-state index contributed by atoms with van der Waals surface area (Å²) in [5, 5.41) is 0. The monoisotopic (exact) mass is 461 g/mol. The summed E-state index contributed by atoms with van der Waals surface area (Å²) in [4.78, 5) is 21.8. The first-order valence-electron chi connectivity index (χ1n) is 11.6. The van der Waals surface area contributed by atoms with Crippen molar-refractivity contribution in [3.8, 4) is 11.6 Å². The van der Waals surface area contributed by atoms with E-state index in [4.69, 9.17) is 9.47 Å². The fraction of sp³-hybridized carbons (Fsp3) is 0.296. The third-order valence-corrected chi connectivity index (χ3v) is 5.84. The molecule has 7 heteroatoms. The first-order chi connectivity index (χ1) is 16.6. The summed E-state index contributed by atoms with van der Waals surface area (Å²) in [6.07, 6.45) is 3.60. The van der Waals surface area contributed by atoms with Crippen molar-refractivity contribution in [1.82, 2.24) is 14.5 Å². The number of halogens is 1. The number of fused-ring (bicyclic) bond motifs is 1. The molecule has 3 heterocycles. The number of carbonyl (C=O) groups excluding carboxylic acids is 1. The fourth-order valence-electron chi connectivity index (χ4n) is 4.09. The maximum absolute atomic E-state index is 13.6. The van der Waals surface area contributed by atoms with Crippen LogP contribution >= 0.6 is 0 Å². The van der Waals surface area contributed by atoms with Crippen LogP contribution in [0.4, 0.5) is 4.39 Å². The maximum atomic E-state index is 13.6. The van der Waals surface area contributed by atoms with E-state index in [1.807, 2.05) is 26.0 Å². The van der Waals surface area contributed by atoms with Gasteiger partial charge in [0.2, 0.25) is 11.7 Å². The Labute approximate surface area is 198 Å². The summed E-state index contributed by atoms with van der Waals surface area (Å²) < 4.78 is 26.7. The van der Waals surface area contributed by atoms with Crippen LogP contribution in [0, 0.1) is 5.82 Å². The number of benzene rings is 2. The van der Waals surface area contributed by atoms with E-state index < -0.39 is 0 Å². The minimum Gasteiger partial charge on any atom is -0.439 e. The molecule has 0 N–H and O–H groups in total. The first kappa shape index (κ1) is 23.6. The van der Waals surface area contributed by atoms with Crippen molar-refractivity contribution in [1.29, 1.82) is 0 Å². The van der Waals surface area contributed by atoms with Crippen molar-refractivity contribution in [2.75, 3.05) is 13.2 Å². The van der Waals surface area contributed by atoms with Gasteiger partial charge in [0.05, 0.1) is 11.0 Å². The van der Waals surface area contributed by atoms with Gasteiger partial charge in [0.1, 0.15) is 11.6 Å². The summed E-state index contributed by atoms with van der Waals surface area (Å²) in [7, 11) is 1.71. The number of imidazole rings is 1. The summed E-state index contributed by atoms with van der Waals surface area (Å²) >= 11 is 0. The molecule has 0 spiro atoms. The molecule has 0 saturated carbocycles. The van der Waals surface area contributed by atoms with Crippen molar-refractivity contribution >= 4 is 16.8 Å². The number of ketones is 1. The normalized spacial score (nSPS) is 13.9. The number of carbonyl (C=O) groups is 1. The lowest BCUT2D eigenvalue weighted by atomic mass is 9.92. The Hall–Kier alpha value is -3.58. The van der Waals surface area contributed by atoms with Gasteiger partial charge >= 0.3 is 0 Å². The summed E-state index contributed by atoms with van der Waals surface area (Å²) in [5.41, 5.74) is 2.70. The number of aromatic nitrogens is 3. The molecule has 1 aliphatic rings. The zero-order chi connectivity index (χ0) is 24.1. The molecule has 0 bridgehead atoms. The van der Waals surface area contributed by atoms with Crippen LogP contribution in [0.1, 0.15) is 54.4 Å². The second kappa shape index (κ2) is 10.6. The quantitative estimate of drug-likeness (QED) is 0.339. The number of pyridine rings is 1. The molecule has 0 unspecified atom stereocenters. The molecule has 2 aromatic carbocycles. The highest BCUT2D eigenvalue weighted by Gasteiger charge is 2.21. The molecular weight excluding hydrogens is 433 g/mol. The first-order valence-corrected chi connectivity index (χ1v) is 11.6. The van der Waals surface area contributed by atoms with Crippen LogP contribution in [0.2, 0.25) is 0 Å². The van der Waals surface area contributed by atoms with E-state index in [-0.39, 0.29) is 17.4 Å². The average molecular weight is 462 g/mol. The summed E-state index contributed by atoms with van der Waals surface area (Å²) in [5.74, 6) is 1.19. The predicted molar refractivity (Wildman–Crippen MR) is 129 cm³/mol. The Kier molecular flexibility index (Phi) is 7.33. The Morgan fingerprint density at radius 2 is 1.82 bits per heavy atom. The molecule has 5 rings (SSSR count). The molecule has 0 aliphatic carbocycles. The molecule has 6 nitrogen and oxygen atoms in total. The van der Waals surface area contributed by atoms with Gasteiger partial charge in [0.15, 0.2) is 5.82 Å². The highest BCUT2D eigenvalue weighted by Crippen LogP contribution is 2.34. The third kappa shape index (κ3) is 4.84. The minimum atomic E-state index is -0.365. The van der Waals surface area contributed by atoms with Gasteiger partial charge in [-0.3, -0.25) is 4.79 Å². The molecule has 0 atom stereocenters. The summed E-state index contributed by atoms with van der Waals surface area (Å²) in [6, 6.07) is 15.1. The highest BCUT2D eigenvalue weighted by molar-refractivity contribution is 6.08. The van der Waals surface area contributed by atoms with Crippen LogP contribution < -0.4 is 4.74 Å². The van der Waals surface area contributed by atoms with Gasteiger partial charge in [0.25, 0.3) is 0 Å². The number of hydrogen-bond acceptors (Lipinski definition) is 5. The highest BCUT2D eigenvalue weighted by atomic mass is 19.1. The third-order valence-electron chi connectivity index (χ3n) is 5.84. The van der Waals surface area contributed by atoms with Gasteiger partial charge in [-0.15, -0.1) is 0 Å². The average Bonchev–Trinajstić information content (AvgIpc) is 3.22. The van der Waals surface area contributed by atoms with E-state index >= 15 is 0 Å². The van der Waals surface area contributed by atoms with Crippen LogP contribution in [0.5, 0.6) is 11.6 Å². The molecule has 1 aliphatic heterocycles. The SMILES string of the molecule is CC.Cn1c(C(=O)c2ccc(Oc3ncccc3C3CCOCC3)cc2)nc2ccc(F)cc21. The zero-order valence-corrected chi connectivity index (χ0v) is 19.6. The Morgan fingerprint density at radius 1 is 1.09 bits per heavy atom. The molecule has 0 radical (unpaired) electrons. The molecule has 176 valence electrons. The molecule has 1 saturated heterocycles. The second-order valence-corrected chi connectivity index (χ2v) is 7.87. The van der Waals surface area contributed by atoms with E-state index in [2.05, 4.69) is 9.97 Å². The standard InChI is InChI=1S/C25H22FN3O3.C2H6/c1-29-22-15-18(26)6-9-21(22)28-24(29)23(30)17-4-7-19(8-5-17)32-25-20(3-2-12-27-25)16-10-13-31-14-11-16;1-2/h2-9,12,15-16H,10-11,13-14H2,1H3;1-2H3. The van der Waals surface area contributed by atoms with Gasteiger partial charge < -0.3 is 14.0 Å². The van der Waals surface area contributed by atoms with E-state index in [1.54, 1.807) is 48.1 Å². The summed E-state index contributed by atoms with van der Waals surface area (Å²) in [6.45, 7) is 5.48. The van der Waals surface area contributed by atoms with E-state index in [1.165, 1.54) is 12.1 Å². The van der Waals surface area contributed by atoms with Gasteiger partial charge in [-0.2, -0.15) is 0 Å². The van der Waals surface area contributed by atoms with E-state index in [0.717, 1.165) is 31.6 Å². The number of rotatable bonds is 5. The zero-order valence-electron chi connectivity index (χ0n) is 19.6. The molecule has 2 aromatic heterocycles. The number of aryl methyl sites for hydroxylation is 1. The lowest BCUT2D eigenvalue weighted by Crippen LogP contribution is -2.15. The lowest BCUT2D eigenvalue weighted by Gasteiger charge is -2.23. The molecule has 1 fully saturated rings. The smallest absolute Gasteiger partial charge is 0.228 e. The van der Waals surface area contributed by atoms with Crippen LogP contribution in [-0.2, 0) is 11.8 Å². The second-order valence-electron chi connectivity index (χ2n) is 7.87. The molecular formula is C27H28FN3O3. The lowest BCUT2D eigenvalue weighted by molar-refractivity contribution is 0.0848. The number of ether oxygens (including phenoxy) is 2. The van der Waals surface area contributed by atoms with Gasteiger partial charge in [-0.1, -0.05) is 19.9 Å². The molecule has 34 heavy (non-hydrogen) atoms. The van der Waals surface area contributed by atoms with Crippen LogP contribution in [0.25, 0.3) is 11.0 Å². The van der Waals surface area contributed by atoms with Crippen molar-refractivity contribution < 1.29 is 18.7 Å². The largest absolute Gasteiger partial charge is 0.439 e. The Balaban J connectivity index is 0.00000133. The minimum absolute atomic E-state index is 0.239.